The molecular weight excluding hydrogens is 196 g/mol. The standard InChI is InChI=1S/C14H30N2/c1-4-14(5-2)8-10-16(12-14)9-6-7-13(3)11-15/h13H,4-12,15H2,1-3H3. The van der Waals surface area contributed by atoms with Crippen molar-refractivity contribution in [1.29, 1.82) is 0 Å². The van der Waals surface area contributed by atoms with Gasteiger partial charge in [-0.1, -0.05) is 20.8 Å². The molecule has 2 heteroatoms. The molecule has 0 amide bonds. The molecule has 2 N–H and O–H groups in total. The van der Waals surface area contributed by atoms with E-state index in [-0.39, 0.29) is 0 Å². The summed E-state index contributed by atoms with van der Waals surface area (Å²) in [5.41, 5.74) is 6.28. The Hall–Kier alpha value is -0.0800. The van der Waals surface area contributed by atoms with Crippen molar-refractivity contribution in [2.45, 2.75) is 52.9 Å². The van der Waals surface area contributed by atoms with Crippen molar-refractivity contribution in [1.82, 2.24) is 4.90 Å². The van der Waals surface area contributed by atoms with Crippen LogP contribution >= 0.6 is 0 Å². The molecule has 0 aliphatic carbocycles. The van der Waals surface area contributed by atoms with Crippen LogP contribution in [0.25, 0.3) is 0 Å². The van der Waals surface area contributed by atoms with E-state index in [0.717, 1.165) is 6.54 Å². The number of likely N-dealkylation sites (tertiary alicyclic amines) is 1. The third-order valence-corrected chi connectivity index (χ3v) is 4.59. The molecular formula is C14H30N2. The molecule has 0 bridgehead atoms. The SMILES string of the molecule is CCC1(CC)CCN(CCCC(C)CN)C1. The van der Waals surface area contributed by atoms with Gasteiger partial charge in [0.15, 0.2) is 0 Å². The van der Waals surface area contributed by atoms with Gasteiger partial charge in [0.05, 0.1) is 0 Å². The molecule has 0 spiro atoms. The summed E-state index contributed by atoms with van der Waals surface area (Å²) in [7, 11) is 0. The maximum atomic E-state index is 5.64. The Morgan fingerprint density at radius 2 is 2.00 bits per heavy atom. The van der Waals surface area contributed by atoms with E-state index in [1.165, 1.54) is 51.7 Å². The number of hydrogen-bond donors (Lipinski definition) is 1. The zero-order valence-electron chi connectivity index (χ0n) is 11.5. The van der Waals surface area contributed by atoms with Crippen LogP contribution < -0.4 is 5.73 Å². The lowest BCUT2D eigenvalue weighted by molar-refractivity contribution is 0.236. The third kappa shape index (κ3) is 3.74. The van der Waals surface area contributed by atoms with Gasteiger partial charge in [-0.3, -0.25) is 0 Å². The summed E-state index contributed by atoms with van der Waals surface area (Å²) >= 11 is 0. The molecule has 1 fully saturated rings. The number of nitrogens with zero attached hydrogens (tertiary/aromatic N) is 1. The maximum absolute atomic E-state index is 5.64. The fraction of sp³-hybridized carbons (Fsp3) is 1.00. The molecule has 1 heterocycles. The predicted octanol–water partition coefficient (Wildman–Crippen LogP) is 2.87. The van der Waals surface area contributed by atoms with Gasteiger partial charge in [-0.15, -0.1) is 0 Å². The van der Waals surface area contributed by atoms with Crippen molar-refractivity contribution in [2.75, 3.05) is 26.2 Å². The van der Waals surface area contributed by atoms with E-state index in [9.17, 15) is 0 Å². The summed E-state index contributed by atoms with van der Waals surface area (Å²) in [5.74, 6) is 0.699. The minimum absolute atomic E-state index is 0.638. The lowest BCUT2D eigenvalue weighted by Crippen LogP contribution is -2.27. The minimum Gasteiger partial charge on any atom is -0.330 e. The Morgan fingerprint density at radius 3 is 2.50 bits per heavy atom. The van der Waals surface area contributed by atoms with Gasteiger partial charge in [0, 0.05) is 6.54 Å². The highest BCUT2D eigenvalue weighted by atomic mass is 15.2. The van der Waals surface area contributed by atoms with E-state index >= 15 is 0 Å². The van der Waals surface area contributed by atoms with Gasteiger partial charge in [0.25, 0.3) is 0 Å². The summed E-state index contributed by atoms with van der Waals surface area (Å²) in [4.78, 5) is 2.66. The van der Waals surface area contributed by atoms with Crippen molar-refractivity contribution in [2.24, 2.45) is 17.1 Å². The molecule has 0 saturated carbocycles. The summed E-state index contributed by atoms with van der Waals surface area (Å²) in [6.45, 7) is 11.7. The first-order chi connectivity index (χ1) is 7.65. The van der Waals surface area contributed by atoms with Crippen molar-refractivity contribution in [3.63, 3.8) is 0 Å². The quantitative estimate of drug-likeness (QED) is 0.723. The first-order valence-corrected chi connectivity index (χ1v) is 7.08. The molecule has 0 radical (unpaired) electrons. The fourth-order valence-electron chi connectivity index (χ4n) is 2.83. The van der Waals surface area contributed by atoms with Gasteiger partial charge in [0.2, 0.25) is 0 Å². The third-order valence-electron chi connectivity index (χ3n) is 4.59. The lowest BCUT2D eigenvalue weighted by atomic mass is 9.82. The molecule has 0 aromatic rings. The van der Waals surface area contributed by atoms with Crippen LogP contribution in [0.15, 0.2) is 0 Å². The zero-order valence-corrected chi connectivity index (χ0v) is 11.5. The molecule has 1 rings (SSSR count). The summed E-state index contributed by atoms with van der Waals surface area (Å²) in [6.07, 6.45) is 6.71. The van der Waals surface area contributed by atoms with Crippen LogP contribution in [0, 0.1) is 11.3 Å². The van der Waals surface area contributed by atoms with Crippen molar-refractivity contribution in [3.8, 4) is 0 Å². The highest BCUT2D eigenvalue weighted by Gasteiger charge is 2.34. The van der Waals surface area contributed by atoms with E-state index in [2.05, 4.69) is 25.7 Å². The smallest absolute Gasteiger partial charge is 0.00382 e. The zero-order chi connectivity index (χ0) is 12.0. The van der Waals surface area contributed by atoms with Crippen LogP contribution in [-0.2, 0) is 0 Å². The van der Waals surface area contributed by atoms with Gasteiger partial charge in [-0.05, 0) is 63.1 Å². The van der Waals surface area contributed by atoms with Crippen LogP contribution in [0.2, 0.25) is 0 Å². The van der Waals surface area contributed by atoms with Crippen LogP contribution in [0.5, 0.6) is 0 Å². The first-order valence-electron chi connectivity index (χ1n) is 7.08. The van der Waals surface area contributed by atoms with Gasteiger partial charge in [0.1, 0.15) is 0 Å². The molecule has 0 aromatic heterocycles. The van der Waals surface area contributed by atoms with Gasteiger partial charge in [-0.25, -0.2) is 0 Å². The fourth-order valence-corrected chi connectivity index (χ4v) is 2.83. The Morgan fingerprint density at radius 1 is 1.31 bits per heavy atom. The Labute approximate surface area is 102 Å². The average Bonchev–Trinajstić information content (AvgIpc) is 2.73. The second kappa shape index (κ2) is 6.61. The molecule has 1 saturated heterocycles. The Balaban J connectivity index is 2.21. The largest absolute Gasteiger partial charge is 0.330 e. The molecule has 96 valence electrons. The van der Waals surface area contributed by atoms with E-state index in [1.807, 2.05) is 0 Å². The minimum atomic E-state index is 0.638. The predicted molar refractivity (Wildman–Crippen MR) is 71.5 cm³/mol. The normalized spacial score (nSPS) is 22.5. The Bertz CT molecular complexity index is 187. The average molecular weight is 226 g/mol. The van der Waals surface area contributed by atoms with E-state index in [0.29, 0.717) is 11.3 Å². The van der Waals surface area contributed by atoms with Crippen LogP contribution in [-0.4, -0.2) is 31.1 Å². The first kappa shape index (κ1) is 14.0. The Kier molecular flexibility index (Phi) is 5.77. The summed E-state index contributed by atoms with van der Waals surface area (Å²) < 4.78 is 0. The summed E-state index contributed by atoms with van der Waals surface area (Å²) in [5, 5.41) is 0. The second-order valence-corrected chi connectivity index (χ2v) is 5.72. The lowest BCUT2D eigenvalue weighted by Gasteiger charge is -2.26. The number of nitrogens with two attached hydrogens (primary N) is 1. The molecule has 2 nitrogen and oxygen atoms in total. The van der Waals surface area contributed by atoms with Crippen molar-refractivity contribution < 1.29 is 0 Å². The van der Waals surface area contributed by atoms with Gasteiger partial charge < -0.3 is 10.6 Å². The second-order valence-electron chi connectivity index (χ2n) is 5.72. The number of hydrogen-bond acceptors (Lipinski definition) is 2. The maximum Gasteiger partial charge on any atom is 0.00382 e. The van der Waals surface area contributed by atoms with Crippen molar-refractivity contribution in [3.05, 3.63) is 0 Å². The molecule has 1 atom stereocenters. The number of rotatable bonds is 7. The van der Waals surface area contributed by atoms with Crippen LogP contribution in [0.4, 0.5) is 0 Å². The highest BCUT2D eigenvalue weighted by molar-refractivity contribution is 4.87. The van der Waals surface area contributed by atoms with Gasteiger partial charge >= 0.3 is 0 Å². The molecule has 0 aromatic carbocycles. The van der Waals surface area contributed by atoms with Gasteiger partial charge in [-0.2, -0.15) is 0 Å². The monoisotopic (exact) mass is 226 g/mol. The van der Waals surface area contributed by atoms with Crippen LogP contribution in [0.3, 0.4) is 0 Å². The van der Waals surface area contributed by atoms with E-state index < -0.39 is 0 Å². The highest BCUT2D eigenvalue weighted by Crippen LogP contribution is 2.36. The summed E-state index contributed by atoms with van der Waals surface area (Å²) in [6, 6.07) is 0. The van der Waals surface area contributed by atoms with E-state index in [4.69, 9.17) is 5.73 Å². The topological polar surface area (TPSA) is 29.3 Å². The molecule has 1 unspecified atom stereocenters. The van der Waals surface area contributed by atoms with Crippen LogP contribution in [0.1, 0.15) is 52.9 Å². The molecule has 16 heavy (non-hydrogen) atoms. The molecule has 1 aliphatic rings. The van der Waals surface area contributed by atoms with Crippen molar-refractivity contribution >= 4 is 0 Å². The van der Waals surface area contributed by atoms with E-state index in [1.54, 1.807) is 0 Å². The molecule has 1 aliphatic heterocycles.